The summed E-state index contributed by atoms with van der Waals surface area (Å²) in [5.74, 6) is 0.346. The van der Waals surface area contributed by atoms with E-state index in [-0.39, 0.29) is 11.7 Å². The van der Waals surface area contributed by atoms with Crippen LogP contribution in [0.1, 0.15) is 35.2 Å². The van der Waals surface area contributed by atoms with Gasteiger partial charge in [0, 0.05) is 19.1 Å². The van der Waals surface area contributed by atoms with E-state index in [4.69, 9.17) is 4.74 Å². The van der Waals surface area contributed by atoms with Gasteiger partial charge in [-0.1, -0.05) is 24.3 Å². The molecular formula is C22H25FN2O2. The largest absolute Gasteiger partial charge is 0.488 e. The fourth-order valence-corrected chi connectivity index (χ4v) is 4.01. The predicted octanol–water partition coefficient (Wildman–Crippen LogP) is 3.72. The van der Waals surface area contributed by atoms with E-state index in [1.54, 1.807) is 12.1 Å². The molecule has 0 aliphatic carbocycles. The number of hydrogen-bond acceptors (Lipinski definition) is 3. The Morgan fingerprint density at radius 2 is 1.78 bits per heavy atom. The van der Waals surface area contributed by atoms with Gasteiger partial charge in [0.05, 0.1) is 5.56 Å². The van der Waals surface area contributed by atoms with Crippen LogP contribution in [0.3, 0.4) is 0 Å². The van der Waals surface area contributed by atoms with Gasteiger partial charge >= 0.3 is 0 Å². The molecule has 2 saturated heterocycles. The topological polar surface area (TPSA) is 32.8 Å². The molecule has 1 atom stereocenters. The summed E-state index contributed by atoms with van der Waals surface area (Å²) in [5, 5.41) is 0. The predicted molar refractivity (Wildman–Crippen MR) is 102 cm³/mol. The summed E-state index contributed by atoms with van der Waals surface area (Å²) in [6.07, 6.45) is 3.58. The molecule has 5 heteroatoms. The standard InChI is InChI=1S/C22H25FN2O2/c23-18-9-7-17(8-10-18)16-27-21-6-2-1-5-20(21)22(26)25-14-11-19(15-25)24-12-3-4-13-24/h1-2,5-10,19H,3-4,11-16H2. The van der Waals surface area contributed by atoms with Crippen molar-refractivity contribution in [2.75, 3.05) is 26.2 Å². The molecule has 2 aliphatic rings. The van der Waals surface area contributed by atoms with Crippen molar-refractivity contribution < 1.29 is 13.9 Å². The van der Waals surface area contributed by atoms with E-state index in [0.717, 1.165) is 38.2 Å². The van der Waals surface area contributed by atoms with Crippen LogP contribution in [-0.2, 0) is 6.61 Å². The number of likely N-dealkylation sites (tertiary alicyclic amines) is 2. The minimum atomic E-state index is -0.268. The Morgan fingerprint density at radius 3 is 2.56 bits per heavy atom. The lowest BCUT2D eigenvalue weighted by Crippen LogP contribution is -2.37. The summed E-state index contributed by atoms with van der Waals surface area (Å²) in [5.41, 5.74) is 1.47. The minimum absolute atomic E-state index is 0.0337. The summed E-state index contributed by atoms with van der Waals surface area (Å²) in [6.45, 7) is 4.21. The zero-order valence-electron chi connectivity index (χ0n) is 15.4. The van der Waals surface area contributed by atoms with E-state index < -0.39 is 0 Å². The van der Waals surface area contributed by atoms with Gasteiger partial charge in [-0.3, -0.25) is 9.69 Å². The Bertz CT molecular complexity index is 787. The quantitative estimate of drug-likeness (QED) is 0.806. The summed E-state index contributed by atoms with van der Waals surface area (Å²) >= 11 is 0. The second-order valence-corrected chi connectivity index (χ2v) is 7.35. The molecule has 1 amide bonds. The van der Waals surface area contributed by atoms with Crippen LogP contribution in [0.25, 0.3) is 0 Å². The van der Waals surface area contributed by atoms with Crippen LogP contribution in [0.5, 0.6) is 5.75 Å². The third-order valence-corrected chi connectivity index (χ3v) is 5.53. The second-order valence-electron chi connectivity index (χ2n) is 7.35. The van der Waals surface area contributed by atoms with Crippen LogP contribution >= 0.6 is 0 Å². The Balaban J connectivity index is 1.42. The highest BCUT2D eigenvalue weighted by Crippen LogP contribution is 2.26. The van der Waals surface area contributed by atoms with E-state index in [0.29, 0.717) is 24.0 Å². The smallest absolute Gasteiger partial charge is 0.257 e. The fourth-order valence-electron chi connectivity index (χ4n) is 4.01. The first-order chi connectivity index (χ1) is 13.2. The van der Waals surface area contributed by atoms with Crippen molar-refractivity contribution in [3.05, 3.63) is 65.5 Å². The summed E-state index contributed by atoms with van der Waals surface area (Å²) < 4.78 is 18.9. The number of rotatable bonds is 5. The molecule has 2 aromatic carbocycles. The summed E-state index contributed by atoms with van der Waals surface area (Å²) in [7, 11) is 0. The SMILES string of the molecule is O=C(c1ccccc1OCc1ccc(F)cc1)N1CCC(N2CCCC2)C1. The van der Waals surface area contributed by atoms with Crippen molar-refractivity contribution in [3.8, 4) is 5.75 Å². The lowest BCUT2D eigenvalue weighted by Gasteiger charge is -2.24. The molecule has 0 aromatic heterocycles. The number of amides is 1. The molecule has 2 fully saturated rings. The van der Waals surface area contributed by atoms with Gasteiger partial charge in [-0.25, -0.2) is 4.39 Å². The number of benzene rings is 2. The molecule has 0 saturated carbocycles. The van der Waals surface area contributed by atoms with Gasteiger partial charge in [0.15, 0.2) is 0 Å². The lowest BCUT2D eigenvalue weighted by atomic mass is 10.1. The molecule has 4 rings (SSSR count). The maximum absolute atomic E-state index is 13.1. The Morgan fingerprint density at radius 1 is 1.04 bits per heavy atom. The van der Waals surface area contributed by atoms with Crippen molar-refractivity contribution in [1.82, 2.24) is 9.80 Å². The van der Waals surface area contributed by atoms with E-state index in [2.05, 4.69) is 4.90 Å². The molecule has 142 valence electrons. The van der Waals surface area contributed by atoms with E-state index >= 15 is 0 Å². The van der Waals surface area contributed by atoms with Gasteiger partial charge < -0.3 is 9.64 Å². The highest BCUT2D eigenvalue weighted by molar-refractivity contribution is 5.97. The Labute approximate surface area is 159 Å². The third kappa shape index (κ3) is 4.14. The number of para-hydroxylation sites is 1. The summed E-state index contributed by atoms with van der Waals surface area (Å²) in [6, 6.07) is 14.1. The van der Waals surface area contributed by atoms with E-state index in [1.165, 1.54) is 25.0 Å². The average Bonchev–Trinajstić information content (AvgIpc) is 3.39. The first-order valence-corrected chi connectivity index (χ1v) is 9.70. The molecule has 4 nitrogen and oxygen atoms in total. The zero-order valence-corrected chi connectivity index (χ0v) is 15.4. The monoisotopic (exact) mass is 368 g/mol. The van der Waals surface area contributed by atoms with Crippen molar-refractivity contribution in [1.29, 1.82) is 0 Å². The molecule has 0 bridgehead atoms. The first-order valence-electron chi connectivity index (χ1n) is 9.70. The molecule has 2 aromatic rings. The molecule has 0 spiro atoms. The number of nitrogens with zero attached hydrogens (tertiary/aromatic N) is 2. The Hall–Kier alpha value is -2.40. The van der Waals surface area contributed by atoms with Gasteiger partial charge in [-0.2, -0.15) is 0 Å². The van der Waals surface area contributed by atoms with Crippen molar-refractivity contribution >= 4 is 5.91 Å². The normalized spacial score (nSPS) is 20.2. The number of ether oxygens (including phenoxy) is 1. The van der Waals surface area contributed by atoms with Crippen LogP contribution in [-0.4, -0.2) is 47.9 Å². The van der Waals surface area contributed by atoms with Gasteiger partial charge in [-0.15, -0.1) is 0 Å². The van der Waals surface area contributed by atoms with Crippen molar-refractivity contribution in [2.24, 2.45) is 0 Å². The fraction of sp³-hybridized carbons (Fsp3) is 0.409. The average molecular weight is 368 g/mol. The third-order valence-electron chi connectivity index (χ3n) is 5.53. The van der Waals surface area contributed by atoms with Crippen molar-refractivity contribution in [2.45, 2.75) is 31.9 Å². The van der Waals surface area contributed by atoms with Gasteiger partial charge in [0.25, 0.3) is 5.91 Å². The minimum Gasteiger partial charge on any atom is -0.488 e. The van der Waals surface area contributed by atoms with Gasteiger partial charge in [0.1, 0.15) is 18.2 Å². The molecule has 2 heterocycles. The van der Waals surface area contributed by atoms with Crippen LogP contribution in [0.4, 0.5) is 4.39 Å². The van der Waals surface area contributed by atoms with E-state index in [1.807, 2.05) is 29.2 Å². The Kier molecular flexibility index (Phi) is 5.39. The van der Waals surface area contributed by atoms with E-state index in [9.17, 15) is 9.18 Å². The lowest BCUT2D eigenvalue weighted by molar-refractivity contribution is 0.0775. The maximum Gasteiger partial charge on any atom is 0.257 e. The first kappa shape index (κ1) is 18.0. The molecule has 0 N–H and O–H groups in total. The van der Waals surface area contributed by atoms with Crippen molar-refractivity contribution in [3.63, 3.8) is 0 Å². The second kappa shape index (κ2) is 8.09. The molecule has 27 heavy (non-hydrogen) atoms. The zero-order chi connectivity index (χ0) is 18.6. The molecular weight excluding hydrogens is 343 g/mol. The summed E-state index contributed by atoms with van der Waals surface area (Å²) in [4.78, 5) is 17.5. The maximum atomic E-state index is 13.1. The molecule has 2 aliphatic heterocycles. The number of carbonyl (C=O) groups excluding carboxylic acids is 1. The number of halogens is 1. The van der Waals surface area contributed by atoms with Crippen LogP contribution < -0.4 is 4.74 Å². The number of hydrogen-bond donors (Lipinski definition) is 0. The van der Waals surface area contributed by atoms with Crippen LogP contribution in [0.15, 0.2) is 48.5 Å². The number of carbonyl (C=O) groups is 1. The highest BCUT2D eigenvalue weighted by Gasteiger charge is 2.32. The van der Waals surface area contributed by atoms with Crippen LogP contribution in [0.2, 0.25) is 0 Å². The highest BCUT2D eigenvalue weighted by atomic mass is 19.1. The molecule has 0 radical (unpaired) electrons. The van der Waals surface area contributed by atoms with Gasteiger partial charge in [0.2, 0.25) is 0 Å². The van der Waals surface area contributed by atoms with Gasteiger partial charge in [-0.05, 0) is 62.2 Å². The van der Waals surface area contributed by atoms with Crippen LogP contribution in [0, 0.1) is 5.82 Å². The molecule has 1 unspecified atom stereocenters.